The van der Waals surface area contributed by atoms with Gasteiger partial charge in [0.1, 0.15) is 11.6 Å². The van der Waals surface area contributed by atoms with E-state index in [0.717, 1.165) is 12.1 Å². The summed E-state index contributed by atoms with van der Waals surface area (Å²) in [5.41, 5.74) is 6.28. The predicted molar refractivity (Wildman–Crippen MR) is 71.9 cm³/mol. The predicted octanol–water partition coefficient (Wildman–Crippen LogP) is 3.02. The molecule has 0 spiro atoms. The first-order chi connectivity index (χ1) is 8.97. The zero-order valence-electron chi connectivity index (χ0n) is 9.65. The molecule has 0 aromatic heterocycles. The summed E-state index contributed by atoms with van der Waals surface area (Å²) < 4.78 is 12.8. The number of halogens is 2. The molecule has 19 heavy (non-hydrogen) atoms. The maximum absolute atomic E-state index is 12.8. The number of benzene rings is 2. The number of carbonyl (C=O) groups excluding carboxylic acids is 1. The Morgan fingerprint density at radius 1 is 1.26 bits per heavy atom. The van der Waals surface area contributed by atoms with Crippen molar-refractivity contribution in [1.82, 2.24) is 0 Å². The second-order valence-corrected chi connectivity index (χ2v) is 4.28. The van der Waals surface area contributed by atoms with Gasteiger partial charge in [0.15, 0.2) is 0 Å². The number of nitrogen functional groups attached to an aromatic ring is 1. The van der Waals surface area contributed by atoms with Crippen LogP contribution in [0.4, 0.5) is 15.8 Å². The fourth-order valence-corrected chi connectivity index (χ4v) is 1.70. The Bertz CT molecular complexity index is 647. The number of nitrogens with one attached hydrogen (secondary N) is 1. The number of anilines is 2. The minimum Gasteiger partial charge on any atom is -0.507 e. The molecule has 0 radical (unpaired) electrons. The fourth-order valence-electron chi connectivity index (χ4n) is 1.52. The van der Waals surface area contributed by atoms with E-state index in [4.69, 9.17) is 17.3 Å². The minimum atomic E-state index is -0.628. The molecule has 0 bridgehead atoms. The number of hydrogen-bond acceptors (Lipinski definition) is 3. The van der Waals surface area contributed by atoms with E-state index in [9.17, 15) is 14.3 Å². The lowest BCUT2D eigenvalue weighted by Crippen LogP contribution is -2.13. The van der Waals surface area contributed by atoms with E-state index in [1.807, 2.05) is 0 Å². The van der Waals surface area contributed by atoms with Gasteiger partial charge in [-0.2, -0.15) is 0 Å². The largest absolute Gasteiger partial charge is 0.507 e. The van der Waals surface area contributed by atoms with E-state index < -0.39 is 17.5 Å². The van der Waals surface area contributed by atoms with Crippen LogP contribution in [-0.4, -0.2) is 11.0 Å². The van der Waals surface area contributed by atoms with Crippen LogP contribution in [0.5, 0.6) is 5.75 Å². The number of hydrogen-bond donors (Lipinski definition) is 3. The van der Waals surface area contributed by atoms with Crippen molar-refractivity contribution in [2.24, 2.45) is 0 Å². The van der Waals surface area contributed by atoms with Crippen LogP contribution in [0.3, 0.4) is 0 Å². The van der Waals surface area contributed by atoms with Crippen LogP contribution >= 0.6 is 11.6 Å². The average Bonchev–Trinajstić information content (AvgIpc) is 2.33. The first-order valence-corrected chi connectivity index (χ1v) is 5.70. The lowest BCUT2D eigenvalue weighted by Gasteiger charge is -2.09. The molecular weight excluding hydrogens is 271 g/mol. The molecule has 0 aliphatic rings. The number of phenols is 1. The van der Waals surface area contributed by atoms with E-state index >= 15 is 0 Å². The molecule has 0 heterocycles. The molecule has 1 amide bonds. The summed E-state index contributed by atoms with van der Waals surface area (Å²) in [5.74, 6) is -1.68. The number of phenolic OH excluding ortho intramolecular Hbond substituents is 1. The Morgan fingerprint density at radius 2 is 2.00 bits per heavy atom. The fraction of sp³-hybridized carbons (Fsp3) is 0. The van der Waals surface area contributed by atoms with Crippen molar-refractivity contribution in [1.29, 1.82) is 0 Å². The zero-order valence-corrected chi connectivity index (χ0v) is 10.4. The lowest BCUT2D eigenvalue weighted by atomic mass is 10.1. The number of nitrogens with two attached hydrogens (primary N) is 1. The SMILES string of the molecule is Nc1ccc(Cl)cc1NC(=O)c1ccc(F)cc1O. The Labute approximate surface area is 113 Å². The Kier molecular flexibility index (Phi) is 3.57. The van der Waals surface area contributed by atoms with Gasteiger partial charge in [-0.3, -0.25) is 4.79 Å². The normalized spacial score (nSPS) is 10.2. The van der Waals surface area contributed by atoms with Gasteiger partial charge in [0.25, 0.3) is 5.91 Å². The monoisotopic (exact) mass is 280 g/mol. The van der Waals surface area contributed by atoms with Crippen molar-refractivity contribution in [2.75, 3.05) is 11.1 Å². The van der Waals surface area contributed by atoms with E-state index in [1.165, 1.54) is 12.1 Å². The molecule has 0 fully saturated rings. The lowest BCUT2D eigenvalue weighted by molar-refractivity contribution is 0.102. The van der Waals surface area contributed by atoms with Gasteiger partial charge in [-0.15, -0.1) is 0 Å². The average molecular weight is 281 g/mol. The molecule has 4 N–H and O–H groups in total. The highest BCUT2D eigenvalue weighted by atomic mass is 35.5. The molecule has 0 saturated heterocycles. The van der Waals surface area contributed by atoms with Crippen LogP contribution in [0.25, 0.3) is 0 Å². The Morgan fingerprint density at radius 3 is 2.68 bits per heavy atom. The summed E-state index contributed by atoms with van der Waals surface area (Å²) in [4.78, 5) is 11.9. The van der Waals surface area contributed by atoms with Gasteiger partial charge in [0, 0.05) is 11.1 Å². The van der Waals surface area contributed by atoms with Crippen LogP contribution in [0.15, 0.2) is 36.4 Å². The molecule has 2 rings (SSSR count). The molecule has 0 unspecified atom stereocenters. The number of aromatic hydroxyl groups is 1. The summed E-state index contributed by atoms with van der Waals surface area (Å²) in [6.45, 7) is 0. The third-order valence-electron chi connectivity index (χ3n) is 2.47. The smallest absolute Gasteiger partial charge is 0.259 e. The van der Waals surface area contributed by atoms with Crippen molar-refractivity contribution >= 4 is 28.9 Å². The number of carbonyl (C=O) groups is 1. The first-order valence-electron chi connectivity index (χ1n) is 5.32. The third kappa shape index (κ3) is 2.95. The van der Waals surface area contributed by atoms with Gasteiger partial charge in [-0.1, -0.05) is 11.6 Å². The van der Waals surface area contributed by atoms with Crippen molar-refractivity contribution in [3.8, 4) is 5.75 Å². The maximum Gasteiger partial charge on any atom is 0.259 e. The van der Waals surface area contributed by atoms with E-state index in [1.54, 1.807) is 12.1 Å². The molecule has 0 saturated carbocycles. The van der Waals surface area contributed by atoms with Crippen molar-refractivity contribution in [2.45, 2.75) is 0 Å². The van der Waals surface area contributed by atoms with Gasteiger partial charge in [0.05, 0.1) is 16.9 Å². The molecule has 0 aliphatic carbocycles. The summed E-state index contributed by atoms with van der Waals surface area (Å²) in [6, 6.07) is 7.73. The molecule has 2 aromatic carbocycles. The third-order valence-corrected chi connectivity index (χ3v) is 2.70. The van der Waals surface area contributed by atoms with E-state index in [2.05, 4.69) is 5.32 Å². The van der Waals surface area contributed by atoms with Gasteiger partial charge in [-0.05, 0) is 30.3 Å². The molecular formula is C13H10ClFN2O2. The quantitative estimate of drug-likeness (QED) is 0.740. The summed E-state index contributed by atoms with van der Waals surface area (Å²) in [5, 5.41) is 12.4. The first kappa shape index (κ1) is 13.2. The molecule has 0 aliphatic heterocycles. The Hall–Kier alpha value is -2.27. The van der Waals surface area contributed by atoms with E-state index in [-0.39, 0.29) is 5.56 Å². The topological polar surface area (TPSA) is 75.3 Å². The highest BCUT2D eigenvalue weighted by Crippen LogP contribution is 2.25. The molecule has 4 nitrogen and oxygen atoms in total. The summed E-state index contributed by atoms with van der Waals surface area (Å²) >= 11 is 5.79. The second-order valence-electron chi connectivity index (χ2n) is 3.85. The Balaban J connectivity index is 2.28. The molecule has 0 atom stereocenters. The number of rotatable bonds is 2. The van der Waals surface area contributed by atoms with Crippen molar-refractivity contribution in [3.05, 3.63) is 52.8 Å². The van der Waals surface area contributed by atoms with Crippen molar-refractivity contribution < 1.29 is 14.3 Å². The number of amides is 1. The highest BCUT2D eigenvalue weighted by molar-refractivity contribution is 6.31. The molecule has 6 heteroatoms. The summed E-state index contributed by atoms with van der Waals surface area (Å²) in [7, 11) is 0. The van der Waals surface area contributed by atoms with Crippen LogP contribution in [0.1, 0.15) is 10.4 Å². The standard InChI is InChI=1S/C13H10ClFN2O2/c14-7-1-4-10(16)11(5-7)17-13(19)9-3-2-8(15)6-12(9)18/h1-6,18H,16H2,(H,17,19). The minimum absolute atomic E-state index is 0.0548. The van der Waals surface area contributed by atoms with Gasteiger partial charge >= 0.3 is 0 Å². The molecule has 98 valence electrons. The van der Waals surface area contributed by atoms with Crippen molar-refractivity contribution in [3.63, 3.8) is 0 Å². The van der Waals surface area contributed by atoms with Crippen LogP contribution in [-0.2, 0) is 0 Å². The highest BCUT2D eigenvalue weighted by Gasteiger charge is 2.13. The molecule has 2 aromatic rings. The van der Waals surface area contributed by atoms with Gasteiger partial charge in [-0.25, -0.2) is 4.39 Å². The van der Waals surface area contributed by atoms with Crippen LogP contribution in [0, 0.1) is 5.82 Å². The van der Waals surface area contributed by atoms with Crippen LogP contribution in [0.2, 0.25) is 5.02 Å². The second kappa shape index (κ2) is 5.16. The zero-order chi connectivity index (χ0) is 14.0. The maximum atomic E-state index is 12.8. The van der Waals surface area contributed by atoms with Gasteiger partial charge < -0.3 is 16.2 Å². The summed E-state index contributed by atoms with van der Waals surface area (Å²) in [6.07, 6.45) is 0. The van der Waals surface area contributed by atoms with Crippen LogP contribution < -0.4 is 11.1 Å². The van der Waals surface area contributed by atoms with Gasteiger partial charge in [0.2, 0.25) is 0 Å². The van der Waals surface area contributed by atoms with E-state index in [0.29, 0.717) is 16.4 Å².